The number of nitrogens with zero attached hydrogens (tertiary/aromatic N) is 3. The van der Waals surface area contributed by atoms with E-state index in [0.717, 1.165) is 13.0 Å². The Balaban J connectivity index is 2.41. The summed E-state index contributed by atoms with van der Waals surface area (Å²) in [4.78, 5) is 0. The van der Waals surface area contributed by atoms with Gasteiger partial charge >= 0.3 is 0 Å². The third-order valence-electron chi connectivity index (χ3n) is 2.24. The van der Waals surface area contributed by atoms with Crippen LogP contribution in [0.1, 0.15) is 20.3 Å². The standard InChI is InChI=1S/C8H16N4/c1-3-7(2)8(9)6-12-5-4-10-11-12/h4-5,7-8H,3,6,9H2,1-2H3/t7-,8-/m1/s1. The smallest absolute Gasteiger partial charge is 0.0692 e. The molecule has 0 fully saturated rings. The van der Waals surface area contributed by atoms with Crippen molar-refractivity contribution in [3.05, 3.63) is 12.4 Å². The molecule has 12 heavy (non-hydrogen) atoms. The van der Waals surface area contributed by atoms with Crippen molar-refractivity contribution in [2.24, 2.45) is 11.7 Å². The molecular formula is C8H16N4. The van der Waals surface area contributed by atoms with Crippen LogP contribution in [-0.2, 0) is 6.54 Å². The molecule has 0 aromatic carbocycles. The summed E-state index contributed by atoms with van der Waals surface area (Å²) in [5.74, 6) is 0.536. The molecule has 0 aliphatic heterocycles. The van der Waals surface area contributed by atoms with E-state index in [4.69, 9.17) is 5.73 Å². The predicted octanol–water partition coefficient (Wildman–Crippen LogP) is 0.652. The molecule has 1 heterocycles. The van der Waals surface area contributed by atoms with Crippen LogP contribution in [0.3, 0.4) is 0 Å². The lowest BCUT2D eigenvalue weighted by atomic mass is 10.0. The van der Waals surface area contributed by atoms with Crippen molar-refractivity contribution < 1.29 is 0 Å². The van der Waals surface area contributed by atoms with Gasteiger partial charge in [-0.3, -0.25) is 4.68 Å². The van der Waals surface area contributed by atoms with Crippen LogP contribution < -0.4 is 5.73 Å². The van der Waals surface area contributed by atoms with E-state index in [0.29, 0.717) is 5.92 Å². The van der Waals surface area contributed by atoms with E-state index < -0.39 is 0 Å². The zero-order valence-corrected chi connectivity index (χ0v) is 7.64. The van der Waals surface area contributed by atoms with Crippen molar-refractivity contribution in [1.29, 1.82) is 0 Å². The van der Waals surface area contributed by atoms with Crippen molar-refractivity contribution >= 4 is 0 Å². The van der Waals surface area contributed by atoms with Gasteiger partial charge in [-0.25, -0.2) is 0 Å². The van der Waals surface area contributed by atoms with Crippen LogP contribution in [0.5, 0.6) is 0 Å². The van der Waals surface area contributed by atoms with Crippen molar-refractivity contribution in [2.75, 3.05) is 0 Å². The fourth-order valence-corrected chi connectivity index (χ4v) is 1.03. The van der Waals surface area contributed by atoms with Crippen LogP contribution >= 0.6 is 0 Å². The van der Waals surface area contributed by atoms with Crippen molar-refractivity contribution in [1.82, 2.24) is 15.0 Å². The molecule has 0 aliphatic carbocycles. The molecule has 0 unspecified atom stereocenters. The van der Waals surface area contributed by atoms with Crippen LogP contribution in [0.4, 0.5) is 0 Å². The van der Waals surface area contributed by atoms with E-state index in [-0.39, 0.29) is 6.04 Å². The molecule has 4 nitrogen and oxygen atoms in total. The van der Waals surface area contributed by atoms with Crippen LogP contribution in [-0.4, -0.2) is 21.0 Å². The molecule has 2 N–H and O–H groups in total. The van der Waals surface area contributed by atoms with E-state index >= 15 is 0 Å². The fourth-order valence-electron chi connectivity index (χ4n) is 1.03. The Hall–Kier alpha value is -0.900. The van der Waals surface area contributed by atoms with Crippen molar-refractivity contribution in [3.8, 4) is 0 Å². The summed E-state index contributed by atoms with van der Waals surface area (Å²) < 4.78 is 1.77. The van der Waals surface area contributed by atoms with Crippen molar-refractivity contribution in [3.63, 3.8) is 0 Å². The molecule has 2 atom stereocenters. The topological polar surface area (TPSA) is 56.7 Å². The summed E-state index contributed by atoms with van der Waals surface area (Å²) >= 11 is 0. The zero-order chi connectivity index (χ0) is 8.97. The molecule has 1 aromatic heterocycles. The minimum absolute atomic E-state index is 0.177. The Bertz CT molecular complexity index is 207. The maximum absolute atomic E-state index is 5.93. The number of nitrogens with two attached hydrogens (primary N) is 1. The summed E-state index contributed by atoms with van der Waals surface area (Å²) in [5.41, 5.74) is 5.93. The van der Waals surface area contributed by atoms with Gasteiger partial charge in [0, 0.05) is 12.2 Å². The minimum Gasteiger partial charge on any atom is -0.326 e. The van der Waals surface area contributed by atoms with Crippen LogP contribution in [0, 0.1) is 5.92 Å². The lowest BCUT2D eigenvalue weighted by molar-refractivity contribution is 0.377. The van der Waals surface area contributed by atoms with E-state index in [1.165, 1.54) is 0 Å². The third-order valence-corrected chi connectivity index (χ3v) is 2.24. The normalized spacial score (nSPS) is 15.9. The molecule has 0 bridgehead atoms. The maximum Gasteiger partial charge on any atom is 0.0692 e. The highest BCUT2D eigenvalue weighted by Gasteiger charge is 2.10. The highest BCUT2D eigenvalue weighted by atomic mass is 15.4. The van der Waals surface area contributed by atoms with Gasteiger partial charge in [-0.05, 0) is 5.92 Å². The third kappa shape index (κ3) is 2.30. The van der Waals surface area contributed by atoms with Gasteiger partial charge < -0.3 is 5.73 Å². The van der Waals surface area contributed by atoms with Crippen LogP contribution in [0.2, 0.25) is 0 Å². The maximum atomic E-state index is 5.93. The predicted molar refractivity (Wildman–Crippen MR) is 47.5 cm³/mol. The lowest BCUT2D eigenvalue weighted by Gasteiger charge is -2.17. The molecule has 4 heteroatoms. The second kappa shape index (κ2) is 4.21. The van der Waals surface area contributed by atoms with E-state index in [2.05, 4.69) is 24.2 Å². The summed E-state index contributed by atoms with van der Waals surface area (Å²) in [6.45, 7) is 5.06. The van der Waals surface area contributed by atoms with Crippen molar-refractivity contribution in [2.45, 2.75) is 32.9 Å². The molecule has 0 saturated carbocycles. The molecule has 68 valence electrons. The van der Waals surface area contributed by atoms with Gasteiger partial charge in [-0.1, -0.05) is 25.5 Å². The second-order valence-electron chi connectivity index (χ2n) is 3.17. The first-order valence-corrected chi connectivity index (χ1v) is 4.33. The second-order valence-corrected chi connectivity index (χ2v) is 3.17. The first-order valence-electron chi connectivity index (χ1n) is 4.33. The van der Waals surface area contributed by atoms with E-state index in [9.17, 15) is 0 Å². The molecule has 0 radical (unpaired) electrons. The Morgan fingerprint density at radius 1 is 1.58 bits per heavy atom. The first-order chi connectivity index (χ1) is 5.74. The molecule has 0 saturated heterocycles. The molecule has 0 aliphatic rings. The first kappa shape index (κ1) is 9.19. The van der Waals surface area contributed by atoms with Gasteiger partial charge in [0.25, 0.3) is 0 Å². The average Bonchev–Trinajstić information content (AvgIpc) is 2.55. The van der Waals surface area contributed by atoms with Gasteiger partial charge in [0.2, 0.25) is 0 Å². The van der Waals surface area contributed by atoms with Gasteiger partial charge in [-0.15, -0.1) is 5.10 Å². The zero-order valence-electron chi connectivity index (χ0n) is 7.64. The highest BCUT2D eigenvalue weighted by Crippen LogP contribution is 2.06. The molecule has 1 rings (SSSR count). The van der Waals surface area contributed by atoms with Gasteiger partial charge in [0.05, 0.1) is 12.7 Å². The molecule has 0 amide bonds. The minimum atomic E-state index is 0.177. The van der Waals surface area contributed by atoms with E-state index in [1.54, 1.807) is 10.9 Å². The number of aromatic nitrogens is 3. The van der Waals surface area contributed by atoms with Gasteiger partial charge in [0.1, 0.15) is 0 Å². The van der Waals surface area contributed by atoms with E-state index in [1.807, 2.05) is 6.20 Å². The Labute approximate surface area is 72.8 Å². The van der Waals surface area contributed by atoms with Gasteiger partial charge in [0.15, 0.2) is 0 Å². The Morgan fingerprint density at radius 3 is 2.83 bits per heavy atom. The number of hydrogen-bond donors (Lipinski definition) is 1. The number of hydrogen-bond acceptors (Lipinski definition) is 3. The Morgan fingerprint density at radius 2 is 2.33 bits per heavy atom. The summed E-state index contributed by atoms with van der Waals surface area (Å²) in [5, 5.41) is 7.58. The lowest BCUT2D eigenvalue weighted by Crippen LogP contribution is -2.32. The number of rotatable bonds is 4. The largest absolute Gasteiger partial charge is 0.326 e. The molecule has 1 aromatic rings. The summed E-state index contributed by atoms with van der Waals surface area (Å²) in [6.07, 6.45) is 4.61. The van der Waals surface area contributed by atoms with Gasteiger partial charge in [-0.2, -0.15) is 0 Å². The van der Waals surface area contributed by atoms with Crippen LogP contribution in [0.15, 0.2) is 12.4 Å². The summed E-state index contributed by atoms with van der Waals surface area (Å²) in [6, 6.07) is 0.177. The average molecular weight is 168 g/mol. The highest BCUT2D eigenvalue weighted by molar-refractivity contribution is 4.71. The monoisotopic (exact) mass is 168 g/mol. The molecule has 0 spiro atoms. The molecular weight excluding hydrogens is 152 g/mol. The fraction of sp³-hybridized carbons (Fsp3) is 0.750. The quantitative estimate of drug-likeness (QED) is 0.718. The SMILES string of the molecule is CC[C@@H](C)[C@H](N)Cn1ccnn1. The van der Waals surface area contributed by atoms with Crippen LogP contribution in [0.25, 0.3) is 0 Å². The Kier molecular flexibility index (Phi) is 3.22. The summed E-state index contributed by atoms with van der Waals surface area (Å²) in [7, 11) is 0.